The van der Waals surface area contributed by atoms with Crippen LogP contribution in [0.25, 0.3) is 11.0 Å². The number of rotatable bonds is 7. The lowest BCUT2D eigenvalue weighted by Gasteiger charge is -2.41. The first-order valence-corrected chi connectivity index (χ1v) is 19.7. The zero-order chi connectivity index (χ0) is 39.4. The van der Waals surface area contributed by atoms with Crippen molar-refractivity contribution in [3.8, 4) is 5.88 Å². The Kier molecular flexibility index (Phi) is 10.4. The molecule has 4 aliphatic rings. The average Bonchev–Trinajstić information content (AvgIpc) is 3.98. The number of aromatic nitrogens is 2. The summed E-state index contributed by atoms with van der Waals surface area (Å²) in [5.41, 5.74) is -3.67. The number of halogens is 3. The summed E-state index contributed by atoms with van der Waals surface area (Å²) in [5.74, 6) is -7.97. The van der Waals surface area contributed by atoms with Crippen molar-refractivity contribution in [2.24, 2.45) is 5.92 Å². The number of hydrogen-bond acceptors (Lipinski definition) is 9. The third-order valence-corrected chi connectivity index (χ3v) is 12.2. The zero-order valence-electron chi connectivity index (χ0n) is 30.5. The molecule has 2 aromatic rings. The van der Waals surface area contributed by atoms with Gasteiger partial charge in [-0.3, -0.25) is 24.0 Å². The molecule has 3 N–H and O–H groups in total. The number of allylic oxidation sites excluding steroid dienone is 1. The Labute approximate surface area is 310 Å². The fourth-order valence-electron chi connectivity index (χ4n) is 7.36. The molecule has 1 saturated heterocycles. The van der Waals surface area contributed by atoms with E-state index in [0.29, 0.717) is 45.4 Å². The fraction of sp³-hybridized carbons (Fsp3) is 0.611. The van der Waals surface area contributed by atoms with E-state index in [1.165, 1.54) is 6.07 Å². The summed E-state index contributed by atoms with van der Waals surface area (Å²) in [7, 11) is -3.99. The molecule has 2 aliphatic heterocycles. The molecule has 3 heterocycles. The molecule has 0 unspecified atom stereocenters. The number of nitrogens with zero attached hydrogens (tertiary/aromatic N) is 4. The summed E-state index contributed by atoms with van der Waals surface area (Å²) in [6, 6.07) is 0.569. The standard InChI is InChI=1S/C36H45F3N6O8S/c1-34(2,3)45(33(49)50)26-11-9-7-5-6-8-10-20-18-36(20,32(48)43-54(51,52)23-13-14-23)42-29(46)27-17-22(19-44(27)31(26)47)53-30-28(35(4,38)39)40-24-15-12-21(37)16-25(24)41-30/h8,10,12,15-16,20,22-23,26-27H,5-7,9,11,13-14,17-19H2,1-4H3,(H,42,46)(H,43,48)(H,49,50)/t20-,22-,26+,27+,36-/m1/s1. The number of carbonyl (C=O) groups is 4. The Morgan fingerprint density at radius 3 is 2.44 bits per heavy atom. The van der Waals surface area contributed by atoms with Gasteiger partial charge >= 0.3 is 6.09 Å². The predicted molar refractivity (Wildman–Crippen MR) is 188 cm³/mol. The molecule has 14 nitrogen and oxygen atoms in total. The highest BCUT2D eigenvalue weighted by molar-refractivity contribution is 7.91. The number of fused-ring (bicyclic) bond motifs is 3. The van der Waals surface area contributed by atoms with Gasteiger partial charge < -0.3 is 20.1 Å². The molecule has 3 fully saturated rings. The van der Waals surface area contributed by atoms with Gasteiger partial charge in [0.05, 0.1) is 22.8 Å². The second-order valence-corrected chi connectivity index (χ2v) is 17.7. The van der Waals surface area contributed by atoms with Crippen LogP contribution in [0.15, 0.2) is 30.4 Å². The third-order valence-electron chi connectivity index (χ3n) is 10.3. The van der Waals surface area contributed by atoms with Crippen molar-refractivity contribution in [3.05, 3.63) is 41.9 Å². The van der Waals surface area contributed by atoms with Crippen LogP contribution in [-0.4, -0.2) is 98.2 Å². The van der Waals surface area contributed by atoms with Gasteiger partial charge in [0.25, 0.3) is 11.8 Å². The Hall–Kier alpha value is -4.48. The third kappa shape index (κ3) is 8.12. The van der Waals surface area contributed by atoms with Crippen LogP contribution in [0.2, 0.25) is 0 Å². The molecule has 0 radical (unpaired) electrons. The molecule has 5 atom stereocenters. The highest BCUT2D eigenvalue weighted by Crippen LogP contribution is 2.46. The summed E-state index contributed by atoms with van der Waals surface area (Å²) in [5, 5.41) is 12.4. The van der Waals surface area contributed by atoms with E-state index in [9.17, 15) is 45.9 Å². The first-order chi connectivity index (χ1) is 25.2. The Morgan fingerprint density at radius 2 is 1.80 bits per heavy atom. The Bertz CT molecular complexity index is 1980. The van der Waals surface area contributed by atoms with E-state index < -0.39 is 97.6 Å². The van der Waals surface area contributed by atoms with Crippen LogP contribution in [0.5, 0.6) is 5.88 Å². The van der Waals surface area contributed by atoms with Gasteiger partial charge in [0.2, 0.25) is 27.7 Å². The van der Waals surface area contributed by atoms with Crippen molar-refractivity contribution in [1.29, 1.82) is 0 Å². The predicted octanol–water partition coefficient (Wildman–Crippen LogP) is 4.38. The monoisotopic (exact) mass is 778 g/mol. The summed E-state index contributed by atoms with van der Waals surface area (Å²) < 4.78 is 77.7. The van der Waals surface area contributed by atoms with E-state index in [0.717, 1.165) is 21.9 Å². The van der Waals surface area contributed by atoms with E-state index in [2.05, 4.69) is 20.0 Å². The van der Waals surface area contributed by atoms with Crippen molar-refractivity contribution in [3.63, 3.8) is 0 Å². The van der Waals surface area contributed by atoms with Gasteiger partial charge in [0, 0.05) is 30.9 Å². The van der Waals surface area contributed by atoms with Gasteiger partial charge in [0.1, 0.15) is 29.5 Å². The lowest BCUT2D eigenvalue weighted by Crippen LogP contribution is -2.60. The van der Waals surface area contributed by atoms with Gasteiger partial charge in [0.15, 0.2) is 5.69 Å². The number of nitrogens with one attached hydrogen (secondary N) is 2. The molecule has 294 valence electrons. The second-order valence-electron chi connectivity index (χ2n) is 15.7. The lowest BCUT2D eigenvalue weighted by molar-refractivity contribution is -0.144. The number of alkyl halides is 2. The van der Waals surface area contributed by atoms with Crippen molar-refractivity contribution < 1.29 is 50.6 Å². The molecule has 18 heteroatoms. The second kappa shape index (κ2) is 14.3. The van der Waals surface area contributed by atoms with Crippen LogP contribution in [-0.2, 0) is 30.3 Å². The normalized spacial score (nSPS) is 26.9. The lowest BCUT2D eigenvalue weighted by atomic mass is 9.98. The molecule has 54 heavy (non-hydrogen) atoms. The van der Waals surface area contributed by atoms with Crippen LogP contribution in [0, 0.1) is 11.7 Å². The Morgan fingerprint density at radius 1 is 1.07 bits per heavy atom. The first kappa shape index (κ1) is 39.2. The van der Waals surface area contributed by atoms with Crippen LogP contribution in [0.4, 0.5) is 18.0 Å². The topological polar surface area (TPSA) is 188 Å². The Balaban J connectivity index is 1.38. The minimum atomic E-state index is -3.99. The van der Waals surface area contributed by atoms with Crippen molar-refractivity contribution >= 4 is 44.9 Å². The SMILES string of the molecule is CC(F)(F)c1nc2ccc(F)cc2nc1O[C@@H]1C[C@H]2C(=O)N[C@]3(C(=O)NS(=O)(=O)C4CC4)C[C@H]3C=CCCCCC[C@H](N(C(=O)O)C(C)(C)C)C(=O)N2C1. The molecule has 1 aromatic heterocycles. The number of hydrogen-bond donors (Lipinski definition) is 3. The molecule has 4 amide bonds. The van der Waals surface area contributed by atoms with Crippen LogP contribution in [0.3, 0.4) is 0 Å². The first-order valence-electron chi connectivity index (χ1n) is 18.1. The van der Waals surface area contributed by atoms with Crippen molar-refractivity contribution in [2.75, 3.05) is 6.54 Å². The van der Waals surface area contributed by atoms with Gasteiger partial charge in [-0.25, -0.2) is 27.6 Å². The highest BCUT2D eigenvalue weighted by Gasteiger charge is 2.62. The summed E-state index contributed by atoms with van der Waals surface area (Å²) in [6.07, 6.45) is 4.13. The average molecular weight is 779 g/mol. The molecular formula is C36H45F3N6O8S. The minimum Gasteiger partial charge on any atom is -0.471 e. The smallest absolute Gasteiger partial charge is 0.408 e. The number of ether oxygens (including phenoxy) is 1. The van der Waals surface area contributed by atoms with E-state index in [1.807, 2.05) is 6.08 Å². The number of amides is 4. The van der Waals surface area contributed by atoms with Crippen molar-refractivity contribution in [2.45, 2.75) is 126 Å². The maximum atomic E-state index is 14.9. The number of carboxylic acid groups (broad SMARTS) is 1. The highest BCUT2D eigenvalue weighted by atomic mass is 32.2. The zero-order valence-corrected chi connectivity index (χ0v) is 31.3. The number of sulfonamides is 1. The largest absolute Gasteiger partial charge is 0.471 e. The van der Waals surface area contributed by atoms with Crippen LogP contribution >= 0.6 is 0 Å². The van der Waals surface area contributed by atoms with E-state index in [4.69, 9.17) is 4.74 Å². The molecule has 2 aliphatic carbocycles. The maximum Gasteiger partial charge on any atom is 0.408 e. The molecule has 0 spiro atoms. The maximum absolute atomic E-state index is 14.9. The van der Waals surface area contributed by atoms with E-state index in [-0.39, 0.29) is 36.8 Å². The van der Waals surface area contributed by atoms with Gasteiger partial charge in [-0.15, -0.1) is 0 Å². The number of carbonyl (C=O) groups excluding carboxylic acids is 3. The summed E-state index contributed by atoms with van der Waals surface area (Å²) in [4.78, 5) is 65.6. The molecular weight excluding hydrogens is 733 g/mol. The van der Waals surface area contributed by atoms with Gasteiger partial charge in [-0.1, -0.05) is 25.0 Å². The summed E-state index contributed by atoms with van der Waals surface area (Å²) >= 11 is 0. The van der Waals surface area contributed by atoms with Crippen LogP contribution < -0.4 is 14.8 Å². The van der Waals surface area contributed by atoms with Crippen molar-refractivity contribution in [1.82, 2.24) is 29.8 Å². The number of benzene rings is 1. The summed E-state index contributed by atoms with van der Waals surface area (Å²) in [6.45, 7) is 5.11. The van der Waals surface area contributed by atoms with E-state index >= 15 is 0 Å². The molecule has 0 bridgehead atoms. The fourth-order valence-corrected chi connectivity index (χ4v) is 8.72. The minimum absolute atomic E-state index is 0.0204. The van der Waals surface area contributed by atoms with Gasteiger partial charge in [-0.05, 0) is 71.4 Å². The van der Waals surface area contributed by atoms with Gasteiger partial charge in [-0.2, -0.15) is 8.78 Å². The molecule has 2 saturated carbocycles. The van der Waals surface area contributed by atoms with Crippen LogP contribution in [0.1, 0.15) is 91.2 Å². The molecule has 6 rings (SSSR count). The molecule has 1 aromatic carbocycles. The quantitative estimate of drug-likeness (QED) is 0.341. The van der Waals surface area contributed by atoms with E-state index in [1.54, 1.807) is 26.8 Å².